The number of rotatable bonds is 2. The molecule has 0 radical (unpaired) electrons. The van der Waals surface area contributed by atoms with Crippen molar-refractivity contribution in [2.24, 2.45) is 0 Å². The third-order valence-corrected chi connectivity index (χ3v) is 6.04. The van der Waals surface area contributed by atoms with Gasteiger partial charge in [0.1, 0.15) is 5.82 Å². The van der Waals surface area contributed by atoms with Gasteiger partial charge in [-0.15, -0.1) is 0 Å². The van der Waals surface area contributed by atoms with Crippen LogP contribution in [0.25, 0.3) is 0 Å². The van der Waals surface area contributed by atoms with E-state index in [1.807, 2.05) is 0 Å². The third kappa shape index (κ3) is 2.65. The monoisotopic (exact) mass is 348 g/mol. The van der Waals surface area contributed by atoms with Crippen LogP contribution in [0.15, 0.2) is 53.4 Å². The lowest BCUT2D eigenvalue weighted by atomic mass is 10.2. The summed E-state index contributed by atoms with van der Waals surface area (Å²) in [6.07, 6.45) is 0.0611. The molecule has 0 aromatic heterocycles. The molecule has 24 heavy (non-hydrogen) atoms. The molecule has 2 aromatic carbocycles. The molecular formula is C17H17FN2O3S. The van der Waals surface area contributed by atoms with Crippen molar-refractivity contribution in [1.29, 1.82) is 0 Å². The van der Waals surface area contributed by atoms with Gasteiger partial charge in [0.15, 0.2) is 0 Å². The van der Waals surface area contributed by atoms with Gasteiger partial charge in [-0.05, 0) is 43.3 Å². The van der Waals surface area contributed by atoms with Gasteiger partial charge in [0.25, 0.3) is 10.0 Å². The van der Waals surface area contributed by atoms with Crippen LogP contribution < -0.4 is 9.21 Å². The quantitative estimate of drug-likeness (QED) is 0.838. The summed E-state index contributed by atoms with van der Waals surface area (Å²) in [7, 11) is -2.30. The molecule has 5 nitrogen and oxygen atoms in total. The van der Waals surface area contributed by atoms with Crippen LogP contribution in [0.1, 0.15) is 13.3 Å². The van der Waals surface area contributed by atoms with Gasteiger partial charge < -0.3 is 4.90 Å². The predicted octanol–water partition coefficient (Wildman–Crippen LogP) is 2.78. The average Bonchev–Trinajstić information content (AvgIpc) is 2.63. The second kappa shape index (κ2) is 5.90. The molecule has 0 fully saturated rings. The van der Waals surface area contributed by atoms with Crippen LogP contribution in [0.4, 0.5) is 15.8 Å². The number of anilines is 2. The summed E-state index contributed by atoms with van der Waals surface area (Å²) in [6, 6.07) is 11.0. The highest BCUT2D eigenvalue weighted by atomic mass is 32.2. The first-order valence-corrected chi connectivity index (χ1v) is 8.92. The minimum Gasteiger partial charge on any atom is -0.313 e. The van der Waals surface area contributed by atoms with E-state index in [1.165, 1.54) is 21.3 Å². The average molecular weight is 348 g/mol. The van der Waals surface area contributed by atoms with Crippen molar-refractivity contribution >= 4 is 27.3 Å². The van der Waals surface area contributed by atoms with Gasteiger partial charge in [-0.3, -0.25) is 9.10 Å². The number of carbonyl (C=O) groups excluding carboxylic acids is 1. The Hall–Kier alpha value is -2.41. The number of sulfonamides is 1. The van der Waals surface area contributed by atoms with Crippen molar-refractivity contribution in [2.45, 2.75) is 24.3 Å². The SMILES string of the molecule is CC1CC(=O)N(C)c2ccccc2N1S(=O)(=O)c1ccc(F)cc1. The first-order chi connectivity index (χ1) is 11.3. The number of hydrogen-bond donors (Lipinski definition) is 0. The number of amides is 1. The molecule has 7 heteroatoms. The number of benzene rings is 2. The van der Waals surface area contributed by atoms with E-state index in [0.29, 0.717) is 11.4 Å². The van der Waals surface area contributed by atoms with Crippen LogP contribution in [0, 0.1) is 5.82 Å². The molecule has 1 aliphatic rings. The van der Waals surface area contributed by atoms with Crippen molar-refractivity contribution in [1.82, 2.24) is 0 Å². The molecule has 0 aliphatic carbocycles. The Morgan fingerprint density at radius 1 is 1.04 bits per heavy atom. The minimum atomic E-state index is -3.92. The largest absolute Gasteiger partial charge is 0.313 e. The van der Waals surface area contributed by atoms with Crippen molar-refractivity contribution < 1.29 is 17.6 Å². The van der Waals surface area contributed by atoms with Gasteiger partial charge in [-0.25, -0.2) is 12.8 Å². The maximum atomic E-state index is 13.1. The van der Waals surface area contributed by atoms with E-state index in [2.05, 4.69) is 0 Å². The fourth-order valence-corrected chi connectivity index (χ4v) is 4.53. The number of nitrogens with zero attached hydrogens (tertiary/aromatic N) is 2. The molecule has 3 rings (SSSR count). The van der Waals surface area contributed by atoms with Crippen molar-refractivity contribution in [3.63, 3.8) is 0 Å². The van der Waals surface area contributed by atoms with E-state index in [1.54, 1.807) is 38.2 Å². The number of hydrogen-bond acceptors (Lipinski definition) is 3. The molecule has 2 aromatic rings. The molecule has 1 unspecified atom stereocenters. The summed E-state index contributed by atoms with van der Waals surface area (Å²) in [6.45, 7) is 1.69. The van der Waals surface area contributed by atoms with Crippen LogP contribution in [0.2, 0.25) is 0 Å². The van der Waals surface area contributed by atoms with Crippen LogP contribution in [-0.2, 0) is 14.8 Å². The first-order valence-electron chi connectivity index (χ1n) is 7.48. The zero-order valence-electron chi connectivity index (χ0n) is 13.3. The van der Waals surface area contributed by atoms with Crippen LogP contribution in [-0.4, -0.2) is 27.4 Å². The molecule has 0 saturated carbocycles. The van der Waals surface area contributed by atoms with Gasteiger partial charge in [0.05, 0.1) is 22.3 Å². The number of para-hydroxylation sites is 2. The molecule has 1 heterocycles. The zero-order chi connectivity index (χ0) is 17.5. The molecule has 126 valence electrons. The second-order valence-corrected chi connectivity index (χ2v) is 7.56. The number of halogens is 1. The number of carbonyl (C=O) groups is 1. The van der Waals surface area contributed by atoms with E-state index < -0.39 is 21.9 Å². The Kier molecular flexibility index (Phi) is 4.04. The fraction of sp³-hybridized carbons (Fsp3) is 0.235. The first kappa shape index (κ1) is 16.4. The van der Waals surface area contributed by atoms with Crippen molar-refractivity contribution in [2.75, 3.05) is 16.3 Å². The van der Waals surface area contributed by atoms with E-state index >= 15 is 0 Å². The van der Waals surface area contributed by atoms with E-state index in [-0.39, 0.29) is 17.2 Å². The Bertz CT molecular complexity index is 881. The van der Waals surface area contributed by atoms with Gasteiger partial charge >= 0.3 is 0 Å². The van der Waals surface area contributed by atoms with Gasteiger partial charge in [-0.1, -0.05) is 12.1 Å². The zero-order valence-corrected chi connectivity index (χ0v) is 14.1. The van der Waals surface area contributed by atoms with Gasteiger partial charge in [-0.2, -0.15) is 0 Å². The Morgan fingerprint density at radius 2 is 1.62 bits per heavy atom. The molecule has 0 N–H and O–H groups in total. The lowest BCUT2D eigenvalue weighted by Gasteiger charge is -2.29. The molecule has 0 bridgehead atoms. The fourth-order valence-electron chi connectivity index (χ4n) is 2.86. The molecular weight excluding hydrogens is 331 g/mol. The normalized spacial score (nSPS) is 18.3. The highest BCUT2D eigenvalue weighted by molar-refractivity contribution is 7.92. The Morgan fingerprint density at radius 3 is 2.25 bits per heavy atom. The summed E-state index contributed by atoms with van der Waals surface area (Å²) >= 11 is 0. The molecule has 1 atom stereocenters. The Labute approximate surface area is 140 Å². The summed E-state index contributed by atoms with van der Waals surface area (Å²) in [5.74, 6) is -0.667. The standard InChI is InChI=1S/C17H17FN2O3S/c1-12-11-17(21)19(2)15-5-3-4-6-16(15)20(12)24(22,23)14-9-7-13(18)8-10-14/h3-10,12H,11H2,1-2H3. The highest BCUT2D eigenvalue weighted by Crippen LogP contribution is 2.37. The summed E-state index contributed by atoms with van der Waals surface area (Å²) < 4.78 is 40.6. The second-order valence-electron chi connectivity index (χ2n) is 5.75. The van der Waals surface area contributed by atoms with E-state index in [4.69, 9.17) is 0 Å². The van der Waals surface area contributed by atoms with Gasteiger partial charge in [0.2, 0.25) is 5.91 Å². The maximum Gasteiger partial charge on any atom is 0.264 e. The highest BCUT2D eigenvalue weighted by Gasteiger charge is 2.36. The van der Waals surface area contributed by atoms with Crippen LogP contribution in [0.3, 0.4) is 0 Å². The molecule has 1 aliphatic heterocycles. The lowest BCUT2D eigenvalue weighted by molar-refractivity contribution is -0.118. The summed E-state index contributed by atoms with van der Waals surface area (Å²) in [4.78, 5) is 13.7. The van der Waals surface area contributed by atoms with Crippen LogP contribution >= 0.6 is 0 Å². The van der Waals surface area contributed by atoms with E-state index in [0.717, 1.165) is 12.1 Å². The Balaban J connectivity index is 2.20. The minimum absolute atomic E-state index is 0.0115. The van der Waals surface area contributed by atoms with Crippen molar-refractivity contribution in [3.8, 4) is 0 Å². The smallest absolute Gasteiger partial charge is 0.264 e. The van der Waals surface area contributed by atoms with Gasteiger partial charge in [0, 0.05) is 13.5 Å². The molecule has 1 amide bonds. The summed E-state index contributed by atoms with van der Waals surface area (Å²) in [5.41, 5.74) is 0.959. The number of fused-ring (bicyclic) bond motifs is 1. The summed E-state index contributed by atoms with van der Waals surface area (Å²) in [5, 5.41) is 0. The lowest BCUT2D eigenvalue weighted by Crippen LogP contribution is -2.39. The van der Waals surface area contributed by atoms with E-state index in [9.17, 15) is 17.6 Å². The topological polar surface area (TPSA) is 57.7 Å². The maximum absolute atomic E-state index is 13.1. The molecule has 0 spiro atoms. The predicted molar refractivity (Wildman–Crippen MR) is 90.0 cm³/mol. The van der Waals surface area contributed by atoms with Crippen molar-refractivity contribution in [3.05, 3.63) is 54.3 Å². The van der Waals surface area contributed by atoms with Crippen LogP contribution in [0.5, 0.6) is 0 Å². The third-order valence-electron chi connectivity index (χ3n) is 4.10. The molecule has 0 saturated heterocycles.